The summed E-state index contributed by atoms with van der Waals surface area (Å²) in [6.07, 6.45) is 7.22. The summed E-state index contributed by atoms with van der Waals surface area (Å²) in [6, 6.07) is 13.0. The lowest BCUT2D eigenvalue weighted by Gasteiger charge is -2.17. The second-order valence-corrected chi connectivity index (χ2v) is 5.95. The van der Waals surface area contributed by atoms with Gasteiger partial charge in [-0.1, -0.05) is 6.07 Å². The monoisotopic (exact) mass is 358 g/mol. The van der Waals surface area contributed by atoms with E-state index < -0.39 is 0 Å². The van der Waals surface area contributed by atoms with Crippen molar-refractivity contribution in [1.29, 1.82) is 5.26 Å². The van der Waals surface area contributed by atoms with Crippen molar-refractivity contribution in [2.24, 2.45) is 0 Å². The summed E-state index contributed by atoms with van der Waals surface area (Å²) in [6.45, 7) is 0.587. The maximum atomic E-state index is 12.5. The highest BCUT2D eigenvalue weighted by atomic mass is 16.2. The van der Waals surface area contributed by atoms with E-state index in [2.05, 4.69) is 26.3 Å². The molecule has 0 aliphatic heterocycles. The zero-order chi connectivity index (χ0) is 19.1. The Morgan fingerprint density at radius 3 is 2.63 bits per heavy atom. The first kappa shape index (κ1) is 18.0. The number of amides is 1. The van der Waals surface area contributed by atoms with Crippen molar-refractivity contribution in [3.05, 3.63) is 77.9 Å². The van der Waals surface area contributed by atoms with Crippen molar-refractivity contribution in [2.45, 2.75) is 6.42 Å². The molecular weight excluding hydrogens is 340 g/mol. The number of hydrogen-bond donors (Lipinski definition) is 1. The van der Waals surface area contributed by atoms with Gasteiger partial charge in [0.15, 0.2) is 0 Å². The van der Waals surface area contributed by atoms with Gasteiger partial charge in [-0.15, -0.1) is 0 Å². The number of likely N-dealkylation sites (N-methyl/N-ethyl adjacent to an activating group) is 1. The number of aromatic nitrogens is 3. The van der Waals surface area contributed by atoms with E-state index in [4.69, 9.17) is 5.26 Å². The lowest BCUT2D eigenvalue weighted by molar-refractivity contribution is 0.0796. The van der Waals surface area contributed by atoms with E-state index in [9.17, 15) is 4.79 Å². The lowest BCUT2D eigenvalue weighted by Crippen LogP contribution is -2.29. The summed E-state index contributed by atoms with van der Waals surface area (Å²) < 4.78 is 0. The van der Waals surface area contributed by atoms with Gasteiger partial charge in [0.2, 0.25) is 5.95 Å². The highest BCUT2D eigenvalue weighted by Gasteiger charge is 2.13. The molecule has 0 aliphatic rings. The van der Waals surface area contributed by atoms with Crippen LogP contribution in [0.5, 0.6) is 0 Å². The van der Waals surface area contributed by atoms with E-state index in [1.54, 1.807) is 42.5 Å². The second-order valence-electron chi connectivity index (χ2n) is 5.95. The average Bonchev–Trinajstić information content (AvgIpc) is 2.73. The molecule has 1 amide bonds. The fourth-order valence-corrected chi connectivity index (χ4v) is 2.47. The SMILES string of the molecule is CN(CCc1ccncc1)C(=O)c1cnc(Nc2cccc(C#N)c2)nc1. The molecule has 27 heavy (non-hydrogen) atoms. The molecule has 1 N–H and O–H groups in total. The Bertz CT molecular complexity index is 950. The number of nitriles is 1. The molecule has 3 rings (SSSR count). The van der Waals surface area contributed by atoms with Gasteiger partial charge in [-0.3, -0.25) is 9.78 Å². The normalized spacial score (nSPS) is 10.1. The predicted octanol–water partition coefficient (Wildman–Crippen LogP) is 2.80. The first-order valence-electron chi connectivity index (χ1n) is 8.39. The van der Waals surface area contributed by atoms with Gasteiger partial charge in [-0.25, -0.2) is 9.97 Å². The number of carbonyl (C=O) groups excluding carboxylic acids is 1. The Balaban J connectivity index is 1.60. The molecule has 2 aromatic heterocycles. The van der Waals surface area contributed by atoms with E-state index in [1.807, 2.05) is 18.2 Å². The Morgan fingerprint density at radius 2 is 1.93 bits per heavy atom. The third kappa shape index (κ3) is 4.86. The highest BCUT2D eigenvalue weighted by molar-refractivity contribution is 5.93. The topological polar surface area (TPSA) is 94.8 Å². The second kappa shape index (κ2) is 8.54. The summed E-state index contributed by atoms with van der Waals surface area (Å²) in [7, 11) is 1.75. The van der Waals surface area contributed by atoms with E-state index in [0.717, 1.165) is 12.0 Å². The quantitative estimate of drug-likeness (QED) is 0.728. The van der Waals surface area contributed by atoms with E-state index >= 15 is 0 Å². The van der Waals surface area contributed by atoms with Gasteiger partial charge in [0.1, 0.15) is 0 Å². The van der Waals surface area contributed by atoms with Crippen LogP contribution in [0.2, 0.25) is 0 Å². The van der Waals surface area contributed by atoms with Crippen LogP contribution >= 0.6 is 0 Å². The minimum atomic E-state index is -0.137. The third-order valence-corrected chi connectivity index (χ3v) is 3.98. The molecule has 7 nitrogen and oxygen atoms in total. The fraction of sp³-hybridized carbons (Fsp3) is 0.150. The van der Waals surface area contributed by atoms with Crippen LogP contribution in [0.15, 0.2) is 61.2 Å². The zero-order valence-electron chi connectivity index (χ0n) is 14.8. The zero-order valence-corrected chi connectivity index (χ0v) is 14.8. The van der Waals surface area contributed by atoms with Gasteiger partial charge in [0, 0.05) is 44.1 Å². The lowest BCUT2D eigenvalue weighted by atomic mass is 10.2. The molecule has 7 heteroatoms. The first-order chi connectivity index (χ1) is 13.2. The number of anilines is 2. The molecule has 3 aromatic rings. The van der Waals surface area contributed by atoms with Crippen molar-refractivity contribution in [1.82, 2.24) is 19.9 Å². The van der Waals surface area contributed by atoms with E-state index in [0.29, 0.717) is 29.3 Å². The Labute approximate surface area is 157 Å². The maximum Gasteiger partial charge on any atom is 0.256 e. The van der Waals surface area contributed by atoms with Crippen LogP contribution in [-0.2, 0) is 6.42 Å². The largest absolute Gasteiger partial charge is 0.341 e. The average molecular weight is 358 g/mol. The Morgan fingerprint density at radius 1 is 1.19 bits per heavy atom. The van der Waals surface area contributed by atoms with Gasteiger partial charge in [0.05, 0.1) is 17.2 Å². The van der Waals surface area contributed by atoms with Gasteiger partial charge < -0.3 is 10.2 Å². The molecule has 0 bridgehead atoms. The predicted molar refractivity (Wildman–Crippen MR) is 101 cm³/mol. The minimum absolute atomic E-state index is 0.137. The van der Waals surface area contributed by atoms with Gasteiger partial charge in [0.25, 0.3) is 5.91 Å². The first-order valence-corrected chi connectivity index (χ1v) is 8.39. The van der Waals surface area contributed by atoms with E-state index in [1.165, 1.54) is 12.4 Å². The van der Waals surface area contributed by atoms with Crippen molar-refractivity contribution < 1.29 is 4.79 Å². The van der Waals surface area contributed by atoms with Gasteiger partial charge in [-0.2, -0.15) is 5.26 Å². The Kier molecular flexibility index (Phi) is 5.70. The molecular formula is C20H18N6O. The van der Waals surface area contributed by atoms with Crippen molar-refractivity contribution in [2.75, 3.05) is 18.9 Å². The van der Waals surface area contributed by atoms with Gasteiger partial charge in [-0.05, 0) is 42.3 Å². The van der Waals surface area contributed by atoms with E-state index in [-0.39, 0.29) is 5.91 Å². The summed E-state index contributed by atoms with van der Waals surface area (Å²) in [5.74, 6) is 0.225. The summed E-state index contributed by atoms with van der Waals surface area (Å²) in [4.78, 5) is 26.5. The smallest absolute Gasteiger partial charge is 0.256 e. The summed E-state index contributed by atoms with van der Waals surface area (Å²) in [5, 5.41) is 12.0. The molecule has 0 radical (unpaired) electrons. The van der Waals surface area contributed by atoms with Crippen molar-refractivity contribution >= 4 is 17.5 Å². The standard InChI is InChI=1S/C20H18N6O/c1-26(10-7-15-5-8-22-9-6-15)19(27)17-13-23-20(24-14-17)25-18-4-2-3-16(11-18)12-21/h2-6,8-9,11,13-14H,7,10H2,1H3,(H,23,24,25). The van der Waals surface area contributed by atoms with Crippen LogP contribution in [0.4, 0.5) is 11.6 Å². The number of nitrogens with zero attached hydrogens (tertiary/aromatic N) is 5. The molecule has 2 heterocycles. The van der Waals surface area contributed by atoms with Crippen LogP contribution < -0.4 is 5.32 Å². The molecule has 134 valence electrons. The van der Waals surface area contributed by atoms with Crippen LogP contribution in [0.3, 0.4) is 0 Å². The molecule has 0 spiro atoms. The number of benzene rings is 1. The van der Waals surface area contributed by atoms with Crippen LogP contribution in [0.1, 0.15) is 21.5 Å². The van der Waals surface area contributed by atoms with Gasteiger partial charge >= 0.3 is 0 Å². The van der Waals surface area contributed by atoms with Crippen LogP contribution in [-0.4, -0.2) is 39.4 Å². The Hall–Kier alpha value is -3.79. The molecule has 0 fully saturated rings. The third-order valence-electron chi connectivity index (χ3n) is 3.98. The van der Waals surface area contributed by atoms with Crippen LogP contribution in [0.25, 0.3) is 0 Å². The van der Waals surface area contributed by atoms with Crippen molar-refractivity contribution in [3.63, 3.8) is 0 Å². The number of pyridine rings is 1. The fourth-order valence-electron chi connectivity index (χ4n) is 2.47. The molecule has 0 unspecified atom stereocenters. The van der Waals surface area contributed by atoms with Crippen LogP contribution in [0, 0.1) is 11.3 Å². The van der Waals surface area contributed by atoms with Crippen molar-refractivity contribution in [3.8, 4) is 6.07 Å². The maximum absolute atomic E-state index is 12.5. The summed E-state index contributed by atoms with van der Waals surface area (Å²) in [5.41, 5.74) is 2.80. The number of rotatable bonds is 6. The molecule has 0 saturated carbocycles. The summed E-state index contributed by atoms with van der Waals surface area (Å²) >= 11 is 0. The molecule has 0 saturated heterocycles. The number of nitrogens with one attached hydrogen (secondary N) is 1. The molecule has 0 atom stereocenters. The molecule has 1 aromatic carbocycles. The minimum Gasteiger partial charge on any atom is -0.341 e. The molecule has 0 aliphatic carbocycles. The number of hydrogen-bond acceptors (Lipinski definition) is 6. The number of carbonyl (C=O) groups is 1. The highest BCUT2D eigenvalue weighted by Crippen LogP contribution is 2.14.